The number of ether oxygens (including phenoxy) is 1. The lowest BCUT2D eigenvalue weighted by Gasteiger charge is -2.15. The van der Waals surface area contributed by atoms with Crippen LogP contribution in [0.15, 0.2) is 63.8 Å². The minimum atomic E-state index is -2.90. The molecule has 0 fully saturated rings. The Morgan fingerprint density at radius 1 is 1.12 bits per heavy atom. The second-order valence-corrected chi connectivity index (χ2v) is 5.63. The number of alkyl halides is 2. The fourth-order valence-electron chi connectivity index (χ4n) is 2.52. The van der Waals surface area contributed by atoms with E-state index in [1.807, 2.05) is 0 Å². The maximum absolute atomic E-state index is 12.4. The molecule has 0 aliphatic heterocycles. The summed E-state index contributed by atoms with van der Waals surface area (Å²) in [6, 6.07) is 13.8. The van der Waals surface area contributed by atoms with Gasteiger partial charge in [-0.25, -0.2) is 4.79 Å². The molecule has 1 unspecified atom stereocenters. The Morgan fingerprint density at radius 3 is 2.50 bits per heavy atom. The molecule has 0 aliphatic carbocycles. The van der Waals surface area contributed by atoms with Gasteiger partial charge in [-0.2, -0.15) is 8.78 Å². The minimum Gasteiger partial charge on any atom is -0.435 e. The van der Waals surface area contributed by atoms with Crippen LogP contribution in [-0.2, 0) is 0 Å². The first kappa shape index (κ1) is 17.6. The molecular weight excluding hydrogens is 344 g/mol. The van der Waals surface area contributed by atoms with Gasteiger partial charge in [0.25, 0.3) is 5.91 Å². The molecular formula is C19H15F2NO4. The second kappa shape index (κ2) is 7.35. The molecule has 3 rings (SSSR count). The largest absolute Gasteiger partial charge is 0.435 e. The first-order valence-electron chi connectivity index (χ1n) is 7.82. The molecule has 0 bridgehead atoms. The van der Waals surface area contributed by atoms with Crippen LogP contribution in [0.1, 0.15) is 28.9 Å². The molecule has 1 atom stereocenters. The number of carbonyl (C=O) groups excluding carboxylic acids is 1. The summed E-state index contributed by atoms with van der Waals surface area (Å²) in [7, 11) is 0. The summed E-state index contributed by atoms with van der Waals surface area (Å²) in [5.41, 5.74) is 0.240. The molecule has 1 heterocycles. The van der Waals surface area contributed by atoms with Crippen LogP contribution in [0.2, 0.25) is 0 Å². The van der Waals surface area contributed by atoms with E-state index in [1.165, 1.54) is 18.2 Å². The third-order valence-electron chi connectivity index (χ3n) is 3.84. The summed E-state index contributed by atoms with van der Waals surface area (Å²) in [6.45, 7) is -1.19. The zero-order valence-corrected chi connectivity index (χ0v) is 13.7. The SMILES string of the molecule is CC(NC(=O)c1cc2ccccc2oc1=O)c1ccc(OC(F)F)cc1. The summed E-state index contributed by atoms with van der Waals surface area (Å²) in [5, 5.41) is 3.33. The van der Waals surface area contributed by atoms with E-state index in [1.54, 1.807) is 43.3 Å². The van der Waals surface area contributed by atoms with Crippen LogP contribution in [0.5, 0.6) is 5.75 Å². The molecule has 0 spiro atoms. The van der Waals surface area contributed by atoms with E-state index >= 15 is 0 Å². The Labute approximate surface area is 147 Å². The number of carbonyl (C=O) groups is 1. The average Bonchev–Trinajstić information content (AvgIpc) is 2.61. The smallest absolute Gasteiger partial charge is 0.387 e. The molecule has 2 aromatic carbocycles. The number of hydrogen-bond donors (Lipinski definition) is 1. The Balaban J connectivity index is 1.77. The normalized spacial score (nSPS) is 12.2. The van der Waals surface area contributed by atoms with E-state index in [9.17, 15) is 18.4 Å². The molecule has 3 aromatic rings. The molecule has 134 valence electrons. The van der Waals surface area contributed by atoms with Crippen molar-refractivity contribution in [2.24, 2.45) is 0 Å². The fraction of sp³-hybridized carbons (Fsp3) is 0.158. The van der Waals surface area contributed by atoms with Crippen molar-refractivity contribution in [1.29, 1.82) is 0 Å². The van der Waals surface area contributed by atoms with E-state index < -0.39 is 24.2 Å². The highest BCUT2D eigenvalue weighted by atomic mass is 19.3. The third-order valence-corrected chi connectivity index (χ3v) is 3.84. The van der Waals surface area contributed by atoms with Gasteiger partial charge >= 0.3 is 12.2 Å². The zero-order chi connectivity index (χ0) is 18.7. The summed E-state index contributed by atoms with van der Waals surface area (Å²) in [5.74, 6) is -0.553. The maximum Gasteiger partial charge on any atom is 0.387 e. The molecule has 7 heteroatoms. The van der Waals surface area contributed by atoms with Crippen LogP contribution in [-0.4, -0.2) is 12.5 Å². The standard InChI is InChI=1S/C19H15F2NO4/c1-11(12-6-8-14(9-7-12)25-19(20)21)22-17(23)15-10-13-4-2-3-5-16(13)26-18(15)24/h2-11,19H,1H3,(H,22,23). The lowest BCUT2D eigenvalue weighted by Crippen LogP contribution is -2.30. The van der Waals surface area contributed by atoms with Crippen molar-refractivity contribution < 1.29 is 22.7 Å². The topological polar surface area (TPSA) is 68.5 Å². The number of hydrogen-bond acceptors (Lipinski definition) is 4. The van der Waals surface area contributed by atoms with Crippen molar-refractivity contribution in [3.05, 3.63) is 76.1 Å². The van der Waals surface area contributed by atoms with E-state index in [0.29, 0.717) is 16.5 Å². The van der Waals surface area contributed by atoms with E-state index in [2.05, 4.69) is 10.1 Å². The number of fused-ring (bicyclic) bond motifs is 1. The number of nitrogens with one attached hydrogen (secondary N) is 1. The van der Waals surface area contributed by atoms with E-state index in [0.717, 1.165) is 0 Å². The molecule has 0 saturated carbocycles. The van der Waals surface area contributed by atoms with Gasteiger partial charge < -0.3 is 14.5 Å². The first-order chi connectivity index (χ1) is 12.4. The summed E-state index contributed by atoms with van der Waals surface area (Å²) >= 11 is 0. The lowest BCUT2D eigenvalue weighted by atomic mass is 10.1. The molecule has 0 radical (unpaired) electrons. The minimum absolute atomic E-state index is 0.0254. The highest BCUT2D eigenvalue weighted by Crippen LogP contribution is 2.20. The zero-order valence-electron chi connectivity index (χ0n) is 13.7. The Hall–Kier alpha value is -3.22. The van der Waals surface area contributed by atoms with Gasteiger partial charge in [0.05, 0.1) is 6.04 Å². The molecule has 1 N–H and O–H groups in total. The predicted molar refractivity (Wildman–Crippen MR) is 91.4 cm³/mol. The fourth-order valence-corrected chi connectivity index (χ4v) is 2.52. The van der Waals surface area contributed by atoms with Crippen LogP contribution in [0.3, 0.4) is 0 Å². The van der Waals surface area contributed by atoms with Gasteiger partial charge in [0.1, 0.15) is 16.9 Å². The second-order valence-electron chi connectivity index (χ2n) is 5.63. The molecule has 0 aliphatic rings. The number of amides is 1. The monoisotopic (exact) mass is 359 g/mol. The van der Waals surface area contributed by atoms with Crippen molar-refractivity contribution in [1.82, 2.24) is 5.32 Å². The number of para-hydroxylation sites is 1. The van der Waals surface area contributed by atoms with Crippen molar-refractivity contribution in [2.45, 2.75) is 19.6 Å². The van der Waals surface area contributed by atoms with E-state index in [4.69, 9.17) is 4.42 Å². The molecule has 26 heavy (non-hydrogen) atoms. The van der Waals surface area contributed by atoms with Gasteiger partial charge in [-0.3, -0.25) is 4.79 Å². The summed E-state index contributed by atoms with van der Waals surface area (Å²) < 4.78 is 33.8. The van der Waals surface area contributed by atoms with E-state index in [-0.39, 0.29) is 11.3 Å². The van der Waals surface area contributed by atoms with Crippen molar-refractivity contribution in [3.63, 3.8) is 0 Å². The summed E-state index contributed by atoms with van der Waals surface area (Å²) in [4.78, 5) is 24.4. The van der Waals surface area contributed by atoms with Gasteiger partial charge in [-0.15, -0.1) is 0 Å². The van der Waals surface area contributed by atoms with Crippen molar-refractivity contribution in [3.8, 4) is 5.75 Å². The van der Waals surface area contributed by atoms with Crippen LogP contribution in [0.25, 0.3) is 11.0 Å². The highest BCUT2D eigenvalue weighted by molar-refractivity contribution is 5.96. The average molecular weight is 359 g/mol. The summed E-state index contributed by atoms with van der Waals surface area (Å²) in [6.07, 6.45) is 0. The van der Waals surface area contributed by atoms with Crippen LogP contribution in [0, 0.1) is 0 Å². The highest BCUT2D eigenvalue weighted by Gasteiger charge is 2.17. The maximum atomic E-state index is 12.4. The molecule has 1 aromatic heterocycles. The van der Waals surface area contributed by atoms with Gasteiger partial charge in [0.2, 0.25) is 0 Å². The first-order valence-corrected chi connectivity index (χ1v) is 7.82. The third kappa shape index (κ3) is 3.88. The molecule has 1 amide bonds. The quantitative estimate of drug-likeness (QED) is 0.702. The molecule has 0 saturated heterocycles. The lowest BCUT2D eigenvalue weighted by molar-refractivity contribution is -0.0498. The van der Waals surface area contributed by atoms with Crippen molar-refractivity contribution in [2.75, 3.05) is 0 Å². The van der Waals surface area contributed by atoms with Crippen LogP contribution < -0.4 is 15.7 Å². The van der Waals surface area contributed by atoms with Crippen LogP contribution in [0.4, 0.5) is 8.78 Å². The Kier molecular flexibility index (Phi) is 4.97. The van der Waals surface area contributed by atoms with Gasteiger partial charge in [-0.05, 0) is 36.8 Å². The number of halogens is 2. The number of rotatable bonds is 5. The predicted octanol–water partition coefficient (Wildman–Crippen LogP) is 3.89. The van der Waals surface area contributed by atoms with Crippen LogP contribution >= 0.6 is 0 Å². The van der Waals surface area contributed by atoms with Gasteiger partial charge in [0.15, 0.2) is 0 Å². The molecule has 5 nitrogen and oxygen atoms in total. The van der Waals surface area contributed by atoms with Gasteiger partial charge in [-0.1, -0.05) is 30.3 Å². The van der Waals surface area contributed by atoms with Crippen molar-refractivity contribution >= 4 is 16.9 Å². The number of benzene rings is 2. The Bertz CT molecular complexity index is 983. The van der Waals surface area contributed by atoms with Gasteiger partial charge in [0, 0.05) is 5.39 Å². The Morgan fingerprint density at radius 2 is 1.81 bits per heavy atom.